The average Bonchev–Trinajstić information content (AvgIpc) is 2.88. The van der Waals surface area contributed by atoms with Gasteiger partial charge in [0.2, 0.25) is 0 Å². The Labute approximate surface area is 136 Å². The Morgan fingerprint density at radius 3 is 2.74 bits per heavy atom. The van der Waals surface area contributed by atoms with Gasteiger partial charge in [-0.25, -0.2) is 9.48 Å². The summed E-state index contributed by atoms with van der Waals surface area (Å²) >= 11 is 0. The summed E-state index contributed by atoms with van der Waals surface area (Å²) in [5.74, 6) is 0. The van der Waals surface area contributed by atoms with E-state index in [0.717, 1.165) is 11.0 Å². The maximum absolute atomic E-state index is 12.4. The summed E-state index contributed by atoms with van der Waals surface area (Å²) in [4.78, 5) is 14.0. The fourth-order valence-electron chi connectivity index (χ4n) is 2.05. The van der Waals surface area contributed by atoms with E-state index in [1.54, 1.807) is 9.58 Å². The minimum absolute atomic E-state index is 0.266. The van der Waals surface area contributed by atoms with E-state index < -0.39 is 11.7 Å². The summed E-state index contributed by atoms with van der Waals surface area (Å²) in [6, 6.07) is 7.63. The molecule has 126 valence electrons. The number of hydrogen-bond acceptors (Lipinski definition) is 5. The van der Waals surface area contributed by atoms with Crippen molar-refractivity contribution < 1.29 is 14.3 Å². The summed E-state index contributed by atoms with van der Waals surface area (Å²) in [6.45, 7) is 9.20. The maximum atomic E-state index is 12.4. The molecule has 0 aliphatic rings. The number of carbonyl (C=O) groups is 1. The van der Waals surface area contributed by atoms with Gasteiger partial charge in [0.25, 0.3) is 0 Å². The summed E-state index contributed by atoms with van der Waals surface area (Å²) in [7, 11) is 0. The fourth-order valence-corrected chi connectivity index (χ4v) is 2.05. The first kappa shape index (κ1) is 17.2. The number of amides is 1. The Bertz CT molecular complexity index is 648. The van der Waals surface area contributed by atoms with Gasteiger partial charge >= 0.3 is 6.09 Å². The highest BCUT2D eigenvalue weighted by Crippen LogP contribution is 2.13. The molecule has 0 radical (unpaired) electrons. The van der Waals surface area contributed by atoms with Gasteiger partial charge in [0, 0.05) is 13.2 Å². The largest absolute Gasteiger partial charge is 0.444 e. The average molecular weight is 320 g/mol. The maximum Gasteiger partial charge on any atom is 0.411 e. The highest BCUT2D eigenvalue weighted by molar-refractivity contribution is 5.74. The number of carbonyl (C=O) groups excluding carboxylic acids is 1. The Morgan fingerprint density at radius 2 is 2.04 bits per heavy atom. The number of benzene rings is 1. The van der Waals surface area contributed by atoms with Gasteiger partial charge in [-0.1, -0.05) is 17.3 Å². The molecule has 0 saturated carbocycles. The van der Waals surface area contributed by atoms with Gasteiger partial charge < -0.3 is 9.47 Å². The smallest absolute Gasteiger partial charge is 0.411 e. The standard InChI is InChI=1S/C16H24N4O3/c1-5-22-11-10-19(15(21)23-16(2,3)4)12-20-14-9-7-6-8-13(14)17-18-20/h6-9H,5,10-12H2,1-4H3. The fraction of sp³-hybridized carbons (Fsp3) is 0.562. The molecule has 0 aliphatic heterocycles. The molecule has 0 fully saturated rings. The minimum atomic E-state index is -0.550. The van der Waals surface area contributed by atoms with Gasteiger partial charge in [0.05, 0.1) is 12.1 Å². The van der Waals surface area contributed by atoms with Crippen molar-refractivity contribution >= 4 is 17.1 Å². The molecule has 0 saturated heterocycles. The second-order valence-electron chi connectivity index (χ2n) is 6.16. The molecule has 1 amide bonds. The van der Waals surface area contributed by atoms with Gasteiger partial charge in [-0.3, -0.25) is 4.90 Å². The molecule has 0 N–H and O–H groups in total. The monoisotopic (exact) mass is 320 g/mol. The van der Waals surface area contributed by atoms with Crippen LogP contribution in [0.1, 0.15) is 27.7 Å². The zero-order valence-corrected chi connectivity index (χ0v) is 14.2. The van der Waals surface area contributed by atoms with Gasteiger partial charge in [-0.2, -0.15) is 0 Å². The van der Waals surface area contributed by atoms with Crippen molar-refractivity contribution in [2.75, 3.05) is 19.8 Å². The van der Waals surface area contributed by atoms with Crippen molar-refractivity contribution in [2.45, 2.75) is 40.0 Å². The lowest BCUT2D eigenvalue weighted by Crippen LogP contribution is -2.40. The predicted octanol–water partition coefficient (Wildman–Crippen LogP) is 2.66. The van der Waals surface area contributed by atoms with Crippen LogP contribution in [0.4, 0.5) is 4.79 Å². The van der Waals surface area contributed by atoms with Crippen LogP contribution in [0.15, 0.2) is 24.3 Å². The zero-order chi connectivity index (χ0) is 16.9. The molecule has 0 aliphatic carbocycles. The Kier molecular flexibility index (Phi) is 5.54. The molecule has 23 heavy (non-hydrogen) atoms. The topological polar surface area (TPSA) is 69.5 Å². The lowest BCUT2D eigenvalue weighted by atomic mass is 10.2. The first-order valence-electron chi connectivity index (χ1n) is 7.74. The molecule has 1 aromatic heterocycles. The number of hydrogen-bond donors (Lipinski definition) is 0. The number of ether oxygens (including phenoxy) is 2. The van der Waals surface area contributed by atoms with Crippen LogP contribution >= 0.6 is 0 Å². The van der Waals surface area contributed by atoms with E-state index in [2.05, 4.69) is 10.3 Å². The molecule has 2 rings (SSSR count). The van der Waals surface area contributed by atoms with Crippen molar-refractivity contribution in [1.82, 2.24) is 19.9 Å². The van der Waals surface area contributed by atoms with Crippen LogP contribution in [-0.2, 0) is 16.1 Å². The van der Waals surface area contributed by atoms with Gasteiger partial charge in [-0.05, 0) is 39.8 Å². The van der Waals surface area contributed by atoms with Crippen LogP contribution in [-0.4, -0.2) is 51.3 Å². The lowest BCUT2D eigenvalue weighted by molar-refractivity contribution is 0.0105. The quantitative estimate of drug-likeness (QED) is 0.765. The number of para-hydroxylation sites is 1. The summed E-state index contributed by atoms with van der Waals surface area (Å²) in [6.07, 6.45) is -0.392. The normalized spacial score (nSPS) is 11.7. The molecule has 1 heterocycles. The highest BCUT2D eigenvalue weighted by Gasteiger charge is 2.23. The van der Waals surface area contributed by atoms with E-state index in [4.69, 9.17) is 9.47 Å². The summed E-state index contributed by atoms with van der Waals surface area (Å²) in [5, 5.41) is 8.22. The second-order valence-corrected chi connectivity index (χ2v) is 6.16. The van der Waals surface area contributed by atoms with Gasteiger partial charge in [0.15, 0.2) is 0 Å². The van der Waals surface area contributed by atoms with Crippen LogP contribution in [0.2, 0.25) is 0 Å². The molecular formula is C16H24N4O3. The molecule has 0 unspecified atom stereocenters. The van der Waals surface area contributed by atoms with E-state index in [0.29, 0.717) is 19.8 Å². The van der Waals surface area contributed by atoms with Gasteiger partial charge in [-0.15, -0.1) is 5.10 Å². The third-order valence-corrected chi connectivity index (χ3v) is 3.09. The van der Waals surface area contributed by atoms with E-state index in [1.807, 2.05) is 52.0 Å². The van der Waals surface area contributed by atoms with Crippen LogP contribution < -0.4 is 0 Å². The van der Waals surface area contributed by atoms with Gasteiger partial charge in [0.1, 0.15) is 17.8 Å². The molecule has 1 aromatic carbocycles. The van der Waals surface area contributed by atoms with E-state index in [1.165, 1.54) is 0 Å². The first-order chi connectivity index (χ1) is 10.9. The molecule has 7 nitrogen and oxygen atoms in total. The molecule has 7 heteroatoms. The predicted molar refractivity (Wildman–Crippen MR) is 87.0 cm³/mol. The number of aromatic nitrogens is 3. The highest BCUT2D eigenvalue weighted by atomic mass is 16.6. The third kappa shape index (κ3) is 4.92. The van der Waals surface area contributed by atoms with E-state index in [9.17, 15) is 4.79 Å². The van der Waals surface area contributed by atoms with Crippen molar-refractivity contribution in [1.29, 1.82) is 0 Å². The Hall–Kier alpha value is -2.15. The van der Waals surface area contributed by atoms with Crippen LogP contribution in [0.25, 0.3) is 11.0 Å². The number of rotatable bonds is 6. The van der Waals surface area contributed by atoms with Crippen molar-refractivity contribution in [3.8, 4) is 0 Å². The summed E-state index contributed by atoms with van der Waals surface area (Å²) in [5.41, 5.74) is 1.12. The molecular weight excluding hydrogens is 296 g/mol. The lowest BCUT2D eigenvalue weighted by Gasteiger charge is -2.27. The van der Waals surface area contributed by atoms with Crippen molar-refractivity contribution in [3.05, 3.63) is 24.3 Å². The second kappa shape index (κ2) is 7.41. The Morgan fingerprint density at radius 1 is 1.30 bits per heavy atom. The molecule has 0 atom stereocenters. The number of fused-ring (bicyclic) bond motifs is 1. The zero-order valence-electron chi connectivity index (χ0n) is 14.2. The van der Waals surface area contributed by atoms with Crippen LogP contribution in [0.5, 0.6) is 0 Å². The third-order valence-electron chi connectivity index (χ3n) is 3.09. The molecule has 0 spiro atoms. The molecule has 2 aromatic rings. The van der Waals surface area contributed by atoms with Crippen LogP contribution in [0.3, 0.4) is 0 Å². The Balaban J connectivity index is 2.14. The van der Waals surface area contributed by atoms with Crippen LogP contribution in [0, 0.1) is 0 Å². The van der Waals surface area contributed by atoms with E-state index in [-0.39, 0.29) is 6.67 Å². The SMILES string of the molecule is CCOCCN(Cn1nnc2ccccc21)C(=O)OC(C)(C)C. The summed E-state index contributed by atoms with van der Waals surface area (Å²) < 4.78 is 12.5. The molecule has 0 bridgehead atoms. The van der Waals surface area contributed by atoms with E-state index >= 15 is 0 Å². The van der Waals surface area contributed by atoms with Crippen molar-refractivity contribution in [3.63, 3.8) is 0 Å². The van der Waals surface area contributed by atoms with Crippen molar-refractivity contribution in [2.24, 2.45) is 0 Å². The first-order valence-corrected chi connectivity index (χ1v) is 7.74. The number of nitrogens with zero attached hydrogens (tertiary/aromatic N) is 4. The minimum Gasteiger partial charge on any atom is -0.444 e.